The quantitative estimate of drug-likeness (QED) is 0.724. The number of amides is 3. The standard InChI is InChI=1S/C16H22N4O4/c1-10(2)19(8-14(17)21)9-15(22)20-7-13(16(18)23)24-12-6-4-3-5-11(12)20/h3-6,10,13H,7-9H2,1-2H3,(H2,17,21)(H2,18,23). The number of carbonyl (C=O) groups is 3. The third-order valence-electron chi connectivity index (χ3n) is 3.82. The van der Waals surface area contributed by atoms with Crippen LogP contribution < -0.4 is 21.1 Å². The molecule has 0 aliphatic carbocycles. The maximum atomic E-state index is 12.7. The lowest BCUT2D eigenvalue weighted by molar-refractivity contribution is -0.125. The van der Waals surface area contributed by atoms with Crippen molar-refractivity contribution < 1.29 is 19.1 Å². The van der Waals surface area contributed by atoms with Crippen LogP contribution in [0.4, 0.5) is 5.69 Å². The van der Waals surface area contributed by atoms with Gasteiger partial charge in [0.2, 0.25) is 11.8 Å². The molecule has 8 nitrogen and oxygen atoms in total. The largest absolute Gasteiger partial charge is 0.477 e. The number of anilines is 1. The van der Waals surface area contributed by atoms with Gasteiger partial charge in [-0.1, -0.05) is 12.1 Å². The van der Waals surface area contributed by atoms with Crippen molar-refractivity contribution >= 4 is 23.4 Å². The Bertz CT molecular complexity index is 647. The highest BCUT2D eigenvalue weighted by Crippen LogP contribution is 2.33. The summed E-state index contributed by atoms with van der Waals surface area (Å²) in [6, 6.07) is 6.89. The van der Waals surface area contributed by atoms with Gasteiger partial charge in [0.25, 0.3) is 5.91 Å². The van der Waals surface area contributed by atoms with Crippen LogP contribution in [0.15, 0.2) is 24.3 Å². The zero-order valence-corrected chi connectivity index (χ0v) is 13.8. The molecule has 24 heavy (non-hydrogen) atoms. The molecule has 0 fully saturated rings. The number of rotatable bonds is 6. The van der Waals surface area contributed by atoms with Crippen molar-refractivity contribution in [2.24, 2.45) is 11.5 Å². The monoisotopic (exact) mass is 334 g/mol. The van der Waals surface area contributed by atoms with Gasteiger partial charge < -0.3 is 21.1 Å². The fourth-order valence-electron chi connectivity index (χ4n) is 2.50. The average Bonchev–Trinajstić information content (AvgIpc) is 2.52. The highest BCUT2D eigenvalue weighted by Gasteiger charge is 2.33. The summed E-state index contributed by atoms with van der Waals surface area (Å²) in [6.07, 6.45) is -0.910. The van der Waals surface area contributed by atoms with Gasteiger partial charge >= 0.3 is 0 Å². The molecule has 1 atom stereocenters. The van der Waals surface area contributed by atoms with Crippen LogP contribution in [0.1, 0.15) is 13.8 Å². The molecule has 0 radical (unpaired) electrons. The van der Waals surface area contributed by atoms with E-state index in [1.165, 1.54) is 4.90 Å². The van der Waals surface area contributed by atoms with E-state index in [2.05, 4.69) is 0 Å². The summed E-state index contributed by atoms with van der Waals surface area (Å²) in [5, 5.41) is 0. The molecule has 4 N–H and O–H groups in total. The van der Waals surface area contributed by atoms with Crippen molar-refractivity contribution in [2.45, 2.75) is 26.0 Å². The van der Waals surface area contributed by atoms with E-state index in [-0.39, 0.29) is 31.6 Å². The first-order chi connectivity index (χ1) is 11.3. The molecular weight excluding hydrogens is 312 g/mol. The second kappa shape index (κ2) is 7.31. The number of hydrogen-bond donors (Lipinski definition) is 2. The van der Waals surface area contributed by atoms with Gasteiger partial charge in [-0.2, -0.15) is 0 Å². The number of benzene rings is 1. The molecule has 1 aromatic rings. The number of nitrogens with zero attached hydrogens (tertiary/aromatic N) is 2. The van der Waals surface area contributed by atoms with Crippen LogP contribution in [0.2, 0.25) is 0 Å². The van der Waals surface area contributed by atoms with Crippen LogP contribution in [0.5, 0.6) is 5.75 Å². The first-order valence-corrected chi connectivity index (χ1v) is 7.67. The fraction of sp³-hybridized carbons (Fsp3) is 0.438. The second-order valence-corrected chi connectivity index (χ2v) is 5.95. The molecular formula is C16H22N4O4. The van der Waals surface area contributed by atoms with E-state index in [9.17, 15) is 14.4 Å². The predicted molar refractivity (Wildman–Crippen MR) is 88.3 cm³/mol. The van der Waals surface area contributed by atoms with Gasteiger partial charge in [-0.25, -0.2) is 0 Å². The molecule has 8 heteroatoms. The molecule has 1 unspecified atom stereocenters. The Hall–Kier alpha value is -2.61. The van der Waals surface area contributed by atoms with Crippen molar-refractivity contribution in [3.63, 3.8) is 0 Å². The number of carbonyl (C=O) groups excluding carboxylic acids is 3. The summed E-state index contributed by atoms with van der Waals surface area (Å²) in [5.74, 6) is -0.979. The first-order valence-electron chi connectivity index (χ1n) is 7.67. The molecule has 2 rings (SSSR count). The van der Waals surface area contributed by atoms with E-state index in [1.54, 1.807) is 29.2 Å². The van der Waals surface area contributed by atoms with E-state index in [4.69, 9.17) is 16.2 Å². The molecule has 1 aromatic carbocycles. The molecule has 0 saturated heterocycles. The van der Waals surface area contributed by atoms with Gasteiger partial charge in [0.1, 0.15) is 5.75 Å². The molecule has 0 saturated carbocycles. The Morgan fingerprint density at radius 2 is 1.92 bits per heavy atom. The van der Waals surface area contributed by atoms with Crippen LogP contribution in [0, 0.1) is 0 Å². The Morgan fingerprint density at radius 1 is 1.25 bits per heavy atom. The number of fused-ring (bicyclic) bond motifs is 1. The number of para-hydroxylation sites is 2. The van der Waals surface area contributed by atoms with Gasteiger partial charge in [-0.15, -0.1) is 0 Å². The maximum absolute atomic E-state index is 12.7. The van der Waals surface area contributed by atoms with Crippen molar-refractivity contribution in [3.05, 3.63) is 24.3 Å². The molecule has 0 bridgehead atoms. The minimum atomic E-state index is -0.910. The smallest absolute Gasteiger partial charge is 0.260 e. The van der Waals surface area contributed by atoms with Gasteiger partial charge in [-0.05, 0) is 26.0 Å². The van der Waals surface area contributed by atoms with E-state index in [0.29, 0.717) is 11.4 Å². The van der Waals surface area contributed by atoms with Crippen molar-refractivity contribution in [3.8, 4) is 5.75 Å². The summed E-state index contributed by atoms with van der Waals surface area (Å²) in [5.41, 5.74) is 11.1. The van der Waals surface area contributed by atoms with E-state index >= 15 is 0 Å². The Morgan fingerprint density at radius 3 is 2.50 bits per heavy atom. The van der Waals surface area contributed by atoms with E-state index in [0.717, 1.165) is 0 Å². The van der Waals surface area contributed by atoms with E-state index < -0.39 is 17.9 Å². The fourth-order valence-corrected chi connectivity index (χ4v) is 2.50. The van der Waals surface area contributed by atoms with Crippen LogP contribution in [-0.4, -0.2) is 54.4 Å². The Kier molecular flexibility index (Phi) is 5.40. The predicted octanol–water partition coefficient (Wildman–Crippen LogP) is -0.538. The third-order valence-corrected chi connectivity index (χ3v) is 3.82. The second-order valence-electron chi connectivity index (χ2n) is 5.95. The molecule has 0 spiro atoms. The van der Waals surface area contributed by atoms with Gasteiger partial charge in [-0.3, -0.25) is 19.3 Å². The summed E-state index contributed by atoms with van der Waals surface area (Å²) in [6.45, 7) is 3.76. The molecule has 130 valence electrons. The average molecular weight is 334 g/mol. The van der Waals surface area contributed by atoms with Gasteiger partial charge in [0.05, 0.1) is 25.3 Å². The Labute approximate surface area is 140 Å². The van der Waals surface area contributed by atoms with Crippen molar-refractivity contribution in [2.75, 3.05) is 24.5 Å². The normalized spacial score (nSPS) is 16.7. The van der Waals surface area contributed by atoms with Gasteiger partial charge in [0.15, 0.2) is 6.10 Å². The SMILES string of the molecule is CC(C)N(CC(N)=O)CC(=O)N1CC(C(N)=O)Oc2ccccc21. The minimum Gasteiger partial charge on any atom is -0.477 e. The van der Waals surface area contributed by atoms with Crippen molar-refractivity contribution in [1.82, 2.24) is 4.90 Å². The topological polar surface area (TPSA) is 119 Å². The molecule has 1 heterocycles. The minimum absolute atomic E-state index is 0.000420. The third kappa shape index (κ3) is 4.02. The highest BCUT2D eigenvalue weighted by atomic mass is 16.5. The summed E-state index contributed by atoms with van der Waals surface area (Å²) in [4.78, 5) is 38.6. The highest BCUT2D eigenvalue weighted by molar-refractivity contribution is 5.98. The van der Waals surface area contributed by atoms with Crippen LogP contribution in [0.3, 0.4) is 0 Å². The molecule has 3 amide bonds. The first kappa shape index (κ1) is 17.7. The lowest BCUT2D eigenvalue weighted by atomic mass is 10.1. The number of ether oxygens (including phenoxy) is 1. The molecule has 1 aliphatic rings. The zero-order valence-electron chi connectivity index (χ0n) is 13.8. The van der Waals surface area contributed by atoms with Gasteiger partial charge in [0, 0.05) is 6.04 Å². The number of hydrogen-bond acceptors (Lipinski definition) is 5. The lowest BCUT2D eigenvalue weighted by Gasteiger charge is -2.35. The number of nitrogens with two attached hydrogens (primary N) is 2. The van der Waals surface area contributed by atoms with Crippen LogP contribution in [-0.2, 0) is 14.4 Å². The molecule has 0 aromatic heterocycles. The Balaban J connectivity index is 2.23. The zero-order chi connectivity index (χ0) is 17.9. The lowest BCUT2D eigenvalue weighted by Crippen LogP contribution is -2.52. The van der Waals surface area contributed by atoms with Crippen molar-refractivity contribution in [1.29, 1.82) is 0 Å². The molecule has 1 aliphatic heterocycles. The maximum Gasteiger partial charge on any atom is 0.260 e. The van der Waals surface area contributed by atoms with Crippen LogP contribution >= 0.6 is 0 Å². The summed E-state index contributed by atoms with van der Waals surface area (Å²) >= 11 is 0. The summed E-state index contributed by atoms with van der Waals surface area (Å²) < 4.78 is 5.53. The summed E-state index contributed by atoms with van der Waals surface area (Å²) in [7, 11) is 0. The van der Waals surface area contributed by atoms with E-state index in [1.807, 2.05) is 13.8 Å². The number of primary amides is 2. The van der Waals surface area contributed by atoms with Crippen LogP contribution in [0.25, 0.3) is 0 Å².